The second kappa shape index (κ2) is 6.90. The third-order valence-electron chi connectivity index (χ3n) is 4.23. The standard InChI is InChI=1S/C19H15ClFN3O2/c20-13-7-5-12(6-8-13)18-10-24-14(11-26-18)9-17(23-24)19(25)22-16-4-2-1-3-15(16)21/h1-9,18H,10-11H2,(H,22,25)/t18-/m0/s1. The zero-order valence-corrected chi connectivity index (χ0v) is 14.4. The first-order valence-electron chi connectivity index (χ1n) is 8.10. The third kappa shape index (κ3) is 3.34. The van der Waals surface area contributed by atoms with Gasteiger partial charge in [-0.2, -0.15) is 5.10 Å². The number of halogens is 2. The highest BCUT2D eigenvalue weighted by molar-refractivity contribution is 6.30. The first kappa shape index (κ1) is 16.8. The summed E-state index contributed by atoms with van der Waals surface area (Å²) in [6, 6.07) is 15.1. The Morgan fingerprint density at radius 3 is 2.77 bits per heavy atom. The Hall–Kier alpha value is -2.70. The van der Waals surface area contributed by atoms with Crippen LogP contribution in [0.5, 0.6) is 0 Å². The molecule has 0 radical (unpaired) electrons. The summed E-state index contributed by atoms with van der Waals surface area (Å²) < 4.78 is 21.3. The van der Waals surface area contributed by atoms with Gasteiger partial charge < -0.3 is 10.1 Å². The van der Waals surface area contributed by atoms with Crippen LogP contribution in [0.3, 0.4) is 0 Å². The van der Waals surface area contributed by atoms with E-state index in [2.05, 4.69) is 10.4 Å². The van der Waals surface area contributed by atoms with Crippen molar-refractivity contribution in [2.75, 3.05) is 5.32 Å². The Kier molecular flexibility index (Phi) is 4.44. The van der Waals surface area contributed by atoms with Crippen LogP contribution in [-0.2, 0) is 17.9 Å². The number of ether oxygens (including phenoxy) is 1. The molecule has 132 valence electrons. The van der Waals surface area contributed by atoms with Crippen molar-refractivity contribution in [3.63, 3.8) is 0 Å². The molecule has 26 heavy (non-hydrogen) atoms. The summed E-state index contributed by atoms with van der Waals surface area (Å²) in [5, 5.41) is 7.55. The van der Waals surface area contributed by atoms with E-state index in [-0.39, 0.29) is 17.5 Å². The van der Waals surface area contributed by atoms with E-state index in [1.54, 1.807) is 22.9 Å². The molecule has 0 spiro atoms. The molecule has 3 aromatic rings. The lowest BCUT2D eigenvalue weighted by molar-refractivity contribution is -0.00118. The number of fused-ring (bicyclic) bond motifs is 1. The average molecular weight is 372 g/mol. The number of anilines is 1. The quantitative estimate of drug-likeness (QED) is 0.750. The van der Waals surface area contributed by atoms with Gasteiger partial charge in [0.1, 0.15) is 11.9 Å². The van der Waals surface area contributed by atoms with Crippen molar-refractivity contribution in [2.24, 2.45) is 0 Å². The number of carbonyl (C=O) groups is 1. The van der Waals surface area contributed by atoms with Gasteiger partial charge in [0.2, 0.25) is 0 Å². The van der Waals surface area contributed by atoms with Crippen LogP contribution in [0.1, 0.15) is 27.8 Å². The van der Waals surface area contributed by atoms with E-state index in [4.69, 9.17) is 16.3 Å². The lowest BCUT2D eigenvalue weighted by atomic mass is 10.1. The Morgan fingerprint density at radius 1 is 1.23 bits per heavy atom. The number of rotatable bonds is 3. The zero-order chi connectivity index (χ0) is 18.1. The molecule has 0 unspecified atom stereocenters. The highest BCUT2D eigenvalue weighted by Crippen LogP contribution is 2.27. The monoisotopic (exact) mass is 371 g/mol. The molecule has 5 nitrogen and oxygen atoms in total. The molecule has 1 aromatic heterocycles. The molecule has 1 amide bonds. The summed E-state index contributed by atoms with van der Waals surface area (Å²) in [4.78, 5) is 12.4. The molecule has 1 atom stereocenters. The molecule has 2 aromatic carbocycles. The van der Waals surface area contributed by atoms with E-state index >= 15 is 0 Å². The number of benzene rings is 2. The zero-order valence-electron chi connectivity index (χ0n) is 13.7. The Bertz CT molecular complexity index is 956. The van der Waals surface area contributed by atoms with Crippen molar-refractivity contribution < 1.29 is 13.9 Å². The fraction of sp³-hybridized carbons (Fsp3) is 0.158. The maximum Gasteiger partial charge on any atom is 0.276 e. The van der Waals surface area contributed by atoms with Gasteiger partial charge >= 0.3 is 0 Å². The molecule has 1 aliphatic rings. The summed E-state index contributed by atoms with van der Waals surface area (Å²) in [7, 11) is 0. The Balaban J connectivity index is 1.51. The van der Waals surface area contributed by atoms with Crippen molar-refractivity contribution in [3.8, 4) is 0 Å². The van der Waals surface area contributed by atoms with Crippen molar-refractivity contribution in [1.29, 1.82) is 0 Å². The van der Waals surface area contributed by atoms with E-state index < -0.39 is 11.7 Å². The fourth-order valence-corrected chi connectivity index (χ4v) is 2.99. The molecule has 4 rings (SSSR count). The third-order valence-corrected chi connectivity index (χ3v) is 4.48. The molecular weight excluding hydrogens is 357 g/mol. The van der Waals surface area contributed by atoms with Crippen LogP contribution < -0.4 is 5.32 Å². The normalized spacial score (nSPS) is 16.2. The van der Waals surface area contributed by atoms with Crippen LogP contribution in [0.4, 0.5) is 10.1 Å². The van der Waals surface area contributed by atoms with Crippen molar-refractivity contribution in [3.05, 3.63) is 82.4 Å². The smallest absolute Gasteiger partial charge is 0.276 e. The average Bonchev–Trinajstić information content (AvgIpc) is 3.07. The maximum atomic E-state index is 13.7. The highest BCUT2D eigenvalue weighted by atomic mass is 35.5. The lowest BCUT2D eigenvalue weighted by Crippen LogP contribution is -2.22. The van der Waals surface area contributed by atoms with Crippen molar-refractivity contribution in [2.45, 2.75) is 19.3 Å². The van der Waals surface area contributed by atoms with Gasteiger partial charge in [-0.1, -0.05) is 35.9 Å². The van der Waals surface area contributed by atoms with Gasteiger partial charge in [-0.25, -0.2) is 4.39 Å². The van der Waals surface area contributed by atoms with Crippen LogP contribution in [0.25, 0.3) is 0 Å². The van der Waals surface area contributed by atoms with E-state index in [9.17, 15) is 9.18 Å². The Morgan fingerprint density at radius 2 is 2.00 bits per heavy atom. The first-order valence-corrected chi connectivity index (χ1v) is 8.47. The first-order chi connectivity index (χ1) is 12.6. The van der Waals surface area contributed by atoms with E-state index in [1.807, 2.05) is 24.3 Å². The lowest BCUT2D eigenvalue weighted by Gasteiger charge is -2.24. The fourth-order valence-electron chi connectivity index (χ4n) is 2.86. The minimum Gasteiger partial charge on any atom is -0.365 e. The van der Waals surface area contributed by atoms with Gasteiger partial charge in [-0.3, -0.25) is 9.48 Å². The molecule has 0 fully saturated rings. The van der Waals surface area contributed by atoms with Crippen LogP contribution in [0.15, 0.2) is 54.6 Å². The van der Waals surface area contributed by atoms with Crippen LogP contribution in [-0.4, -0.2) is 15.7 Å². The van der Waals surface area contributed by atoms with Crippen molar-refractivity contribution >= 4 is 23.2 Å². The van der Waals surface area contributed by atoms with Crippen LogP contribution >= 0.6 is 11.6 Å². The SMILES string of the molecule is O=C(Nc1ccccc1F)c1cc2n(n1)C[C@@H](c1ccc(Cl)cc1)OC2. The predicted molar refractivity (Wildman–Crippen MR) is 95.6 cm³/mol. The predicted octanol–water partition coefficient (Wildman–Crippen LogP) is 4.20. The topological polar surface area (TPSA) is 56.2 Å². The van der Waals surface area contributed by atoms with Crippen molar-refractivity contribution in [1.82, 2.24) is 9.78 Å². The second-order valence-electron chi connectivity index (χ2n) is 5.99. The number of aromatic nitrogens is 2. The molecule has 1 aliphatic heterocycles. The highest BCUT2D eigenvalue weighted by Gasteiger charge is 2.24. The molecular formula is C19H15ClFN3O2. The van der Waals surface area contributed by atoms with Gasteiger partial charge in [0.25, 0.3) is 5.91 Å². The second-order valence-corrected chi connectivity index (χ2v) is 6.42. The van der Waals surface area contributed by atoms with E-state index in [0.29, 0.717) is 18.2 Å². The summed E-state index contributed by atoms with van der Waals surface area (Å²) in [5.41, 5.74) is 2.14. The number of hydrogen-bond donors (Lipinski definition) is 1. The largest absolute Gasteiger partial charge is 0.365 e. The molecule has 0 saturated heterocycles. The summed E-state index contributed by atoms with van der Waals surface area (Å²) in [5.74, 6) is -0.948. The van der Waals surface area contributed by atoms with Gasteiger partial charge in [-0.05, 0) is 35.9 Å². The van der Waals surface area contributed by atoms with E-state index in [1.165, 1.54) is 12.1 Å². The van der Waals surface area contributed by atoms with Gasteiger partial charge in [0.05, 0.1) is 24.5 Å². The minimum atomic E-state index is -0.490. The van der Waals surface area contributed by atoms with Crippen LogP contribution in [0.2, 0.25) is 5.02 Å². The molecule has 1 N–H and O–H groups in total. The minimum absolute atomic E-state index is 0.124. The van der Waals surface area contributed by atoms with E-state index in [0.717, 1.165) is 11.3 Å². The summed E-state index contributed by atoms with van der Waals surface area (Å²) in [6.45, 7) is 0.831. The number of hydrogen-bond acceptors (Lipinski definition) is 3. The molecule has 0 aliphatic carbocycles. The maximum absolute atomic E-state index is 13.7. The summed E-state index contributed by atoms with van der Waals surface area (Å²) in [6.07, 6.45) is -0.165. The number of nitrogens with one attached hydrogen (secondary N) is 1. The van der Waals surface area contributed by atoms with Crippen LogP contribution in [0, 0.1) is 5.82 Å². The Labute approximate surface area is 154 Å². The van der Waals surface area contributed by atoms with Gasteiger partial charge in [-0.15, -0.1) is 0 Å². The number of para-hydroxylation sites is 1. The molecule has 7 heteroatoms. The number of amides is 1. The van der Waals surface area contributed by atoms with Gasteiger partial charge in [0.15, 0.2) is 5.69 Å². The molecule has 0 saturated carbocycles. The number of carbonyl (C=O) groups excluding carboxylic acids is 1. The van der Waals surface area contributed by atoms with Gasteiger partial charge in [0, 0.05) is 5.02 Å². The number of nitrogens with zero attached hydrogens (tertiary/aromatic N) is 2. The molecule has 2 heterocycles. The summed E-state index contributed by atoms with van der Waals surface area (Å²) >= 11 is 5.92. The molecule has 0 bridgehead atoms.